The maximum absolute atomic E-state index is 13.5. The van der Waals surface area contributed by atoms with Crippen LogP contribution in [0.2, 0.25) is 0 Å². The molecule has 5 rings (SSSR count). The SMILES string of the molecule is Cl.O=S(=O)(Nc1cc(N2CCNCC2)ccc1NS(=O)(=O)c1cccc2ccccc12)c1ccccc1. The first kappa shape index (κ1) is 26.7. The molecular formula is C26H27ClN4O4S2. The molecule has 0 atom stereocenters. The van der Waals surface area contributed by atoms with E-state index < -0.39 is 20.0 Å². The molecule has 1 fully saturated rings. The Labute approximate surface area is 223 Å². The summed E-state index contributed by atoms with van der Waals surface area (Å²) in [6.45, 7) is 3.12. The van der Waals surface area contributed by atoms with E-state index in [1.807, 2.05) is 18.2 Å². The average molecular weight is 559 g/mol. The number of benzene rings is 4. The van der Waals surface area contributed by atoms with Crippen molar-refractivity contribution >= 4 is 60.3 Å². The Morgan fingerprint density at radius 3 is 2.08 bits per heavy atom. The fraction of sp³-hybridized carbons (Fsp3) is 0.154. The van der Waals surface area contributed by atoms with E-state index in [1.54, 1.807) is 54.6 Å². The van der Waals surface area contributed by atoms with Gasteiger partial charge >= 0.3 is 0 Å². The zero-order chi connectivity index (χ0) is 25.2. The maximum atomic E-state index is 13.5. The number of hydrogen-bond donors (Lipinski definition) is 3. The van der Waals surface area contributed by atoms with Gasteiger partial charge in [0.2, 0.25) is 0 Å². The first-order valence-corrected chi connectivity index (χ1v) is 14.5. The van der Waals surface area contributed by atoms with Gasteiger partial charge in [0.15, 0.2) is 0 Å². The third-order valence-electron chi connectivity index (χ3n) is 6.07. The highest BCUT2D eigenvalue weighted by atomic mass is 35.5. The van der Waals surface area contributed by atoms with Crippen LogP contribution in [-0.2, 0) is 20.0 Å². The molecular weight excluding hydrogens is 532 g/mol. The summed E-state index contributed by atoms with van der Waals surface area (Å²) in [5.41, 5.74) is 1.09. The molecule has 194 valence electrons. The van der Waals surface area contributed by atoms with Crippen LogP contribution in [0.25, 0.3) is 10.8 Å². The van der Waals surface area contributed by atoms with Gasteiger partial charge < -0.3 is 10.2 Å². The van der Waals surface area contributed by atoms with E-state index in [0.29, 0.717) is 5.39 Å². The summed E-state index contributed by atoms with van der Waals surface area (Å²) in [6.07, 6.45) is 0. The third-order valence-corrected chi connectivity index (χ3v) is 8.87. The number of halogens is 1. The van der Waals surface area contributed by atoms with Crippen LogP contribution in [0.5, 0.6) is 0 Å². The average Bonchev–Trinajstić information content (AvgIpc) is 2.90. The summed E-state index contributed by atoms with van der Waals surface area (Å²) in [5, 5.41) is 4.66. The molecule has 0 bridgehead atoms. The van der Waals surface area contributed by atoms with E-state index in [9.17, 15) is 16.8 Å². The van der Waals surface area contributed by atoms with E-state index in [0.717, 1.165) is 37.3 Å². The number of piperazine rings is 1. The Balaban J connectivity index is 0.00000320. The van der Waals surface area contributed by atoms with E-state index in [4.69, 9.17) is 0 Å². The summed E-state index contributed by atoms with van der Waals surface area (Å²) < 4.78 is 58.5. The Morgan fingerprint density at radius 1 is 0.676 bits per heavy atom. The predicted octanol–water partition coefficient (Wildman–Crippen LogP) is 4.27. The summed E-state index contributed by atoms with van der Waals surface area (Å²) in [7, 11) is -7.98. The lowest BCUT2D eigenvalue weighted by Gasteiger charge is -2.30. The van der Waals surface area contributed by atoms with Crippen molar-refractivity contribution in [3.63, 3.8) is 0 Å². The third kappa shape index (κ3) is 5.83. The highest BCUT2D eigenvalue weighted by Crippen LogP contribution is 2.33. The van der Waals surface area contributed by atoms with Crippen molar-refractivity contribution in [3.05, 3.63) is 91.0 Å². The van der Waals surface area contributed by atoms with Crippen molar-refractivity contribution < 1.29 is 16.8 Å². The lowest BCUT2D eigenvalue weighted by Crippen LogP contribution is -2.43. The van der Waals surface area contributed by atoms with Crippen molar-refractivity contribution in [1.29, 1.82) is 0 Å². The minimum absolute atomic E-state index is 0. The summed E-state index contributed by atoms with van der Waals surface area (Å²) >= 11 is 0. The van der Waals surface area contributed by atoms with Crippen LogP contribution in [0.3, 0.4) is 0 Å². The molecule has 8 nitrogen and oxygen atoms in total. The van der Waals surface area contributed by atoms with Crippen LogP contribution < -0.4 is 19.7 Å². The van der Waals surface area contributed by atoms with Gasteiger partial charge in [-0.15, -0.1) is 12.4 Å². The molecule has 4 aromatic carbocycles. The number of fused-ring (bicyclic) bond motifs is 1. The minimum Gasteiger partial charge on any atom is -0.369 e. The quantitative estimate of drug-likeness (QED) is 0.313. The molecule has 1 heterocycles. The van der Waals surface area contributed by atoms with Gasteiger partial charge in [0.05, 0.1) is 21.2 Å². The van der Waals surface area contributed by atoms with E-state index >= 15 is 0 Å². The van der Waals surface area contributed by atoms with Crippen LogP contribution in [0.1, 0.15) is 0 Å². The standard InChI is InChI=1S/C26H26N4O4S2.ClH/c31-35(32,22-9-2-1-3-10-22)29-25-19-21(30-17-15-27-16-18-30)13-14-24(25)28-36(33,34)26-12-6-8-20-7-4-5-11-23(20)26;/h1-14,19,27-29H,15-18H2;1H. The van der Waals surface area contributed by atoms with Crippen molar-refractivity contribution in [2.75, 3.05) is 40.5 Å². The van der Waals surface area contributed by atoms with E-state index in [2.05, 4.69) is 19.7 Å². The highest BCUT2D eigenvalue weighted by molar-refractivity contribution is 7.93. The van der Waals surface area contributed by atoms with E-state index in [1.165, 1.54) is 18.2 Å². The first-order chi connectivity index (χ1) is 17.3. The molecule has 3 N–H and O–H groups in total. The molecule has 0 spiro atoms. The number of nitrogens with zero attached hydrogens (tertiary/aromatic N) is 1. The van der Waals surface area contributed by atoms with Crippen LogP contribution in [0.4, 0.5) is 17.1 Å². The Morgan fingerprint density at radius 2 is 1.32 bits per heavy atom. The van der Waals surface area contributed by atoms with Crippen LogP contribution in [0, 0.1) is 0 Å². The molecule has 1 saturated heterocycles. The molecule has 0 unspecified atom stereocenters. The number of nitrogens with one attached hydrogen (secondary N) is 3. The van der Waals surface area contributed by atoms with Crippen LogP contribution >= 0.6 is 12.4 Å². The predicted molar refractivity (Wildman–Crippen MR) is 151 cm³/mol. The van der Waals surface area contributed by atoms with Gasteiger partial charge in [-0.05, 0) is 41.8 Å². The molecule has 4 aromatic rings. The Bertz CT molecular complexity index is 1600. The van der Waals surface area contributed by atoms with E-state index in [-0.39, 0.29) is 33.6 Å². The molecule has 37 heavy (non-hydrogen) atoms. The van der Waals surface area contributed by atoms with Gasteiger partial charge in [0, 0.05) is 37.3 Å². The molecule has 0 aliphatic carbocycles. The van der Waals surface area contributed by atoms with Crippen molar-refractivity contribution in [1.82, 2.24) is 5.32 Å². The van der Waals surface area contributed by atoms with Crippen LogP contribution in [0.15, 0.2) is 101 Å². The first-order valence-electron chi connectivity index (χ1n) is 11.5. The van der Waals surface area contributed by atoms with Gasteiger partial charge in [0.25, 0.3) is 20.0 Å². The molecule has 0 aromatic heterocycles. The van der Waals surface area contributed by atoms with Gasteiger partial charge in [-0.1, -0.05) is 54.6 Å². The zero-order valence-electron chi connectivity index (χ0n) is 19.8. The van der Waals surface area contributed by atoms with Gasteiger partial charge in [-0.25, -0.2) is 16.8 Å². The number of sulfonamides is 2. The molecule has 0 saturated carbocycles. The second-order valence-electron chi connectivity index (χ2n) is 8.47. The fourth-order valence-corrected chi connectivity index (χ4v) is 6.66. The van der Waals surface area contributed by atoms with Crippen molar-refractivity contribution in [3.8, 4) is 0 Å². The monoisotopic (exact) mass is 558 g/mol. The summed E-state index contributed by atoms with van der Waals surface area (Å²) in [5.74, 6) is 0. The fourth-order valence-electron chi connectivity index (χ4n) is 4.26. The summed E-state index contributed by atoms with van der Waals surface area (Å²) in [4.78, 5) is 2.32. The maximum Gasteiger partial charge on any atom is 0.262 e. The smallest absolute Gasteiger partial charge is 0.262 e. The molecule has 1 aliphatic heterocycles. The lowest BCUT2D eigenvalue weighted by atomic mass is 10.1. The lowest BCUT2D eigenvalue weighted by molar-refractivity contribution is 0.589. The van der Waals surface area contributed by atoms with Gasteiger partial charge in [-0.2, -0.15) is 0 Å². The minimum atomic E-state index is -4.03. The Kier molecular flexibility index (Phi) is 7.93. The van der Waals surface area contributed by atoms with Gasteiger partial charge in [0.1, 0.15) is 0 Å². The molecule has 0 amide bonds. The van der Waals surface area contributed by atoms with Crippen molar-refractivity contribution in [2.45, 2.75) is 9.79 Å². The highest BCUT2D eigenvalue weighted by Gasteiger charge is 2.23. The Hall–Kier alpha value is -3.31. The number of hydrogen-bond acceptors (Lipinski definition) is 6. The number of rotatable bonds is 7. The topological polar surface area (TPSA) is 108 Å². The largest absolute Gasteiger partial charge is 0.369 e. The number of anilines is 3. The summed E-state index contributed by atoms with van der Waals surface area (Å²) in [6, 6.07) is 25.3. The second kappa shape index (κ2) is 11.0. The zero-order valence-corrected chi connectivity index (χ0v) is 22.2. The van der Waals surface area contributed by atoms with Crippen LogP contribution in [-0.4, -0.2) is 43.0 Å². The molecule has 1 aliphatic rings. The molecule has 11 heteroatoms. The molecule has 0 radical (unpaired) electrons. The normalized spacial score (nSPS) is 14.1. The van der Waals surface area contributed by atoms with Gasteiger partial charge in [-0.3, -0.25) is 9.44 Å². The second-order valence-corrected chi connectivity index (χ2v) is 11.8. The van der Waals surface area contributed by atoms with Crippen molar-refractivity contribution in [2.24, 2.45) is 0 Å².